The largest absolute Gasteiger partial charge is 0.496 e. The van der Waals surface area contributed by atoms with Crippen LogP contribution in [0, 0.1) is 11.3 Å². The van der Waals surface area contributed by atoms with E-state index in [1.54, 1.807) is 26.2 Å². The van der Waals surface area contributed by atoms with Crippen LogP contribution in [-0.4, -0.2) is 82.8 Å². The van der Waals surface area contributed by atoms with Crippen molar-refractivity contribution in [3.8, 4) is 11.8 Å². The van der Waals surface area contributed by atoms with Gasteiger partial charge in [0, 0.05) is 43.3 Å². The molecule has 1 saturated heterocycles. The Morgan fingerprint density at radius 1 is 1.07 bits per heavy atom. The minimum absolute atomic E-state index is 0.131. The van der Waals surface area contributed by atoms with Crippen LogP contribution in [0.1, 0.15) is 35.1 Å². The van der Waals surface area contributed by atoms with Crippen LogP contribution in [0.3, 0.4) is 0 Å². The zero-order valence-electron chi connectivity index (χ0n) is 25.2. The van der Waals surface area contributed by atoms with Gasteiger partial charge in [0.1, 0.15) is 5.75 Å². The van der Waals surface area contributed by atoms with Crippen molar-refractivity contribution in [2.75, 3.05) is 46.2 Å². The fraction of sp³-hybridized carbons (Fsp3) is 0.344. The van der Waals surface area contributed by atoms with Crippen molar-refractivity contribution in [1.29, 1.82) is 5.26 Å². The van der Waals surface area contributed by atoms with E-state index in [1.807, 2.05) is 42.1 Å². The zero-order chi connectivity index (χ0) is 32.0. The molecule has 0 saturated carbocycles. The number of hydrogen-bond acceptors (Lipinski definition) is 8. The molecule has 2 aliphatic heterocycles. The average molecular weight is 636 g/mol. The molecule has 1 fully saturated rings. The maximum Gasteiger partial charge on any atom is 0.271 e. The highest BCUT2D eigenvalue weighted by atomic mass is 35.5. The van der Waals surface area contributed by atoms with Crippen molar-refractivity contribution < 1.29 is 22.7 Å². The zero-order valence-corrected chi connectivity index (χ0v) is 26.8. The number of halogens is 1. The normalized spacial score (nSPS) is 20.1. The summed E-state index contributed by atoms with van der Waals surface area (Å²) in [4.78, 5) is 34.0. The number of likely N-dealkylation sites (tertiary alicyclic amines) is 1. The smallest absolute Gasteiger partial charge is 0.271 e. The quantitative estimate of drug-likeness (QED) is 0.367. The summed E-state index contributed by atoms with van der Waals surface area (Å²) in [7, 11) is 4.21. The number of benzene rings is 3. The second-order valence-electron chi connectivity index (χ2n) is 11.4. The molecule has 1 unspecified atom stereocenters. The molecule has 44 heavy (non-hydrogen) atoms. The molecule has 10 nitrogen and oxygen atoms in total. The van der Waals surface area contributed by atoms with Crippen molar-refractivity contribution in [1.82, 2.24) is 14.7 Å². The Balaban J connectivity index is 1.84. The van der Waals surface area contributed by atoms with Crippen LogP contribution < -0.4 is 9.04 Å². The fourth-order valence-corrected chi connectivity index (χ4v) is 7.94. The number of sulfonamides is 1. The summed E-state index contributed by atoms with van der Waals surface area (Å²) in [6, 6.07) is 16.8. The van der Waals surface area contributed by atoms with E-state index in [1.165, 1.54) is 48.4 Å². The summed E-state index contributed by atoms with van der Waals surface area (Å²) >= 11 is 6.57. The molecule has 3 aromatic rings. The van der Waals surface area contributed by atoms with E-state index in [2.05, 4.69) is 0 Å². The van der Waals surface area contributed by atoms with Crippen molar-refractivity contribution >= 4 is 39.1 Å². The minimum Gasteiger partial charge on any atom is -0.496 e. The summed E-state index contributed by atoms with van der Waals surface area (Å²) in [5.41, 5.74) is 0.312. The van der Waals surface area contributed by atoms with Gasteiger partial charge in [-0.1, -0.05) is 23.7 Å². The van der Waals surface area contributed by atoms with Crippen molar-refractivity contribution in [2.24, 2.45) is 0 Å². The Labute approximate surface area is 263 Å². The first-order valence-corrected chi connectivity index (χ1v) is 15.9. The maximum atomic E-state index is 15.2. The van der Waals surface area contributed by atoms with E-state index >= 15 is 4.79 Å². The summed E-state index contributed by atoms with van der Waals surface area (Å²) in [5, 5.41) is 9.56. The van der Waals surface area contributed by atoms with Crippen LogP contribution in [0.15, 0.2) is 65.6 Å². The Bertz CT molecular complexity index is 1770. The Morgan fingerprint density at radius 2 is 1.77 bits per heavy atom. The first-order valence-electron chi connectivity index (χ1n) is 14.1. The van der Waals surface area contributed by atoms with Crippen LogP contribution in [0.4, 0.5) is 5.69 Å². The second kappa shape index (κ2) is 11.9. The van der Waals surface area contributed by atoms with Crippen molar-refractivity contribution in [3.63, 3.8) is 0 Å². The van der Waals surface area contributed by atoms with Gasteiger partial charge in [-0.15, -0.1) is 0 Å². The number of carbonyl (C=O) groups is 2. The molecule has 2 aliphatic rings. The molecule has 12 heteroatoms. The van der Waals surface area contributed by atoms with Gasteiger partial charge in [0.25, 0.3) is 15.9 Å². The first kappa shape index (κ1) is 31.5. The predicted molar refractivity (Wildman–Crippen MR) is 167 cm³/mol. The van der Waals surface area contributed by atoms with E-state index in [0.29, 0.717) is 47.8 Å². The third-order valence-corrected chi connectivity index (χ3v) is 10.1. The molecule has 2 atom stereocenters. The highest BCUT2D eigenvalue weighted by molar-refractivity contribution is 7.93. The van der Waals surface area contributed by atoms with Crippen molar-refractivity contribution in [3.05, 3.63) is 87.9 Å². The topological polar surface area (TPSA) is 114 Å². The van der Waals surface area contributed by atoms with Gasteiger partial charge in [-0.25, -0.2) is 12.7 Å². The molecule has 0 radical (unpaired) electrons. The molecule has 3 aromatic carbocycles. The number of hydrogen-bond donors (Lipinski definition) is 0. The summed E-state index contributed by atoms with van der Waals surface area (Å²) < 4.78 is 35.4. The van der Waals surface area contributed by atoms with Gasteiger partial charge in [-0.2, -0.15) is 5.26 Å². The predicted octanol–water partition coefficient (Wildman–Crippen LogP) is 3.81. The molecule has 0 aromatic heterocycles. The Hall–Kier alpha value is -3.95. The molecule has 0 N–H and O–H groups in total. The summed E-state index contributed by atoms with van der Waals surface area (Å²) in [6.07, 6.45) is 1.09. The molecule has 0 aliphatic carbocycles. The SMILES string of the molecule is COc1cc(CN(C)C)ccc1[C@]1(N2CCCC2C(=O)N(C)C)C(=O)N(S(=O)(=O)c2ccc(C#N)cc2)c2ccc(Cl)cc21. The van der Waals surface area contributed by atoms with Gasteiger partial charge in [0.15, 0.2) is 5.54 Å². The molecule has 0 spiro atoms. The Morgan fingerprint density at radius 3 is 2.39 bits per heavy atom. The first-order chi connectivity index (χ1) is 20.9. The molecule has 5 rings (SSSR count). The van der Waals surface area contributed by atoms with Crippen molar-refractivity contribution in [2.45, 2.75) is 35.9 Å². The van der Waals surface area contributed by atoms with Gasteiger partial charge in [0.2, 0.25) is 5.91 Å². The number of nitriles is 1. The number of amides is 2. The van der Waals surface area contributed by atoms with E-state index in [0.717, 1.165) is 9.87 Å². The fourth-order valence-electron chi connectivity index (χ4n) is 6.31. The van der Waals surface area contributed by atoms with E-state index in [9.17, 15) is 18.5 Å². The lowest BCUT2D eigenvalue weighted by atomic mass is 9.80. The Kier molecular flexibility index (Phi) is 8.48. The molecule has 230 valence electrons. The molecule has 2 amide bonds. The highest BCUT2D eigenvalue weighted by Gasteiger charge is 2.63. The third kappa shape index (κ3) is 5.02. The van der Waals surface area contributed by atoms with Crippen LogP contribution in [0.2, 0.25) is 5.02 Å². The molecular weight excluding hydrogens is 602 g/mol. The highest BCUT2D eigenvalue weighted by Crippen LogP contribution is 2.55. The van der Waals surface area contributed by atoms with Crippen LogP contribution >= 0.6 is 11.6 Å². The summed E-state index contributed by atoms with van der Waals surface area (Å²) in [6.45, 7) is 0.944. The van der Waals surface area contributed by atoms with Gasteiger partial charge in [0.05, 0.1) is 35.4 Å². The standard InChI is InChI=1S/C32H34ClN5O5S/c1-35(2)20-22-10-14-25(29(17-22)43-5)32(37-16-6-7-28(37)30(39)36(3)4)26-18-23(33)11-15-27(26)38(31(32)40)44(41,42)24-12-8-21(19-34)9-13-24/h8-15,17-18,28H,6-7,16,20H2,1-5H3/t28?,32-/m1/s1. The number of nitrogens with zero attached hydrogens (tertiary/aromatic N) is 5. The number of likely N-dealkylation sites (N-methyl/N-ethyl adjacent to an activating group) is 1. The number of rotatable bonds is 8. The minimum atomic E-state index is -4.48. The lowest BCUT2D eigenvalue weighted by Crippen LogP contribution is -2.59. The second-order valence-corrected chi connectivity index (χ2v) is 13.7. The van der Waals surface area contributed by atoms with Gasteiger partial charge in [-0.3, -0.25) is 14.5 Å². The van der Waals surface area contributed by atoms with E-state index in [-0.39, 0.29) is 22.1 Å². The molecular formula is C32H34ClN5O5S. The number of ether oxygens (including phenoxy) is 1. The maximum absolute atomic E-state index is 15.2. The van der Waals surface area contributed by atoms with Crippen LogP contribution in [0.5, 0.6) is 5.75 Å². The molecule has 0 bridgehead atoms. The molecule has 2 heterocycles. The van der Waals surface area contributed by atoms with Crippen LogP contribution in [0.25, 0.3) is 0 Å². The van der Waals surface area contributed by atoms with E-state index < -0.39 is 27.5 Å². The lowest BCUT2D eigenvalue weighted by molar-refractivity contribution is -0.138. The number of anilines is 1. The van der Waals surface area contributed by atoms with Gasteiger partial charge in [-0.05, 0) is 81.0 Å². The third-order valence-electron chi connectivity index (χ3n) is 8.15. The van der Waals surface area contributed by atoms with Crippen LogP contribution in [-0.2, 0) is 31.7 Å². The number of methoxy groups -OCH3 is 1. The average Bonchev–Trinajstić information content (AvgIpc) is 3.57. The number of carbonyl (C=O) groups excluding carboxylic acids is 2. The van der Waals surface area contributed by atoms with Gasteiger partial charge < -0.3 is 14.5 Å². The summed E-state index contributed by atoms with van der Waals surface area (Å²) in [5.74, 6) is -0.588. The van der Waals surface area contributed by atoms with Gasteiger partial charge >= 0.3 is 0 Å². The lowest BCUT2D eigenvalue weighted by Gasteiger charge is -2.42. The van der Waals surface area contributed by atoms with E-state index in [4.69, 9.17) is 16.3 Å². The number of fused-ring (bicyclic) bond motifs is 1. The monoisotopic (exact) mass is 635 g/mol.